The second-order valence-corrected chi connectivity index (χ2v) is 6.81. The Balaban J connectivity index is 1.50. The zero-order valence-electron chi connectivity index (χ0n) is 16.2. The highest BCUT2D eigenvalue weighted by Crippen LogP contribution is 2.31. The summed E-state index contributed by atoms with van der Waals surface area (Å²) in [7, 11) is 3.35. The molecule has 0 spiro atoms. The Morgan fingerprint density at radius 1 is 1.21 bits per heavy atom. The fourth-order valence-electron chi connectivity index (χ4n) is 3.43. The van der Waals surface area contributed by atoms with Gasteiger partial charge >= 0.3 is 0 Å². The molecule has 1 atom stereocenters. The molecule has 0 radical (unpaired) electrons. The number of guanidine groups is 1. The van der Waals surface area contributed by atoms with Crippen LogP contribution in [0.3, 0.4) is 0 Å². The molecule has 150 valence electrons. The molecule has 0 aromatic heterocycles. The Kier molecular flexibility index (Phi) is 6.68. The van der Waals surface area contributed by atoms with Crippen LogP contribution in [0.2, 0.25) is 0 Å². The van der Waals surface area contributed by atoms with Gasteiger partial charge in [0.25, 0.3) is 0 Å². The number of hydrogen-bond acceptors (Lipinski definition) is 3. The monoisotopic (exact) mass is 388 g/mol. The molecular weight excluding hydrogens is 362 g/mol. The minimum Gasteiger partial charge on any atom is -0.495 e. The molecule has 7 heteroatoms. The van der Waals surface area contributed by atoms with Crippen LogP contribution in [-0.2, 0) is 6.54 Å². The van der Waals surface area contributed by atoms with E-state index in [2.05, 4.69) is 26.6 Å². The lowest BCUT2D eigenvalue weighted by Gasteiger charge is -2.21. The molecule has 1 aliphatic heterocycles. The number of nitrogens with one attached hydrogen (secondary N) is 2. The summed E-state index contributed by atoms with van der Waals surface area (Å²) in [5.41, 5.74) is 1.38. The van der Waals surface area contributed by atoms with E-state index in [1.165, 1.54) is 6.07 Å². The van der Waals surface area contributed by atoms with Crippen molar-refractivity contribution in [3.63, 3.8) is 0 Å². The van der Waals surface area contributed by atoms with Gasteiger partial charge in [-0.2, -0.15) is 0 Å². The van der Waals surface area contributed by atoms with Crippen molar-refractivity contribution in [2.45, 2.75) is 13.0 Å². The smallest absolute Gasteiger partial charge is 0.191 e. The summed E-state index contributed by atoms with van der Waals surface area (Å²) in [5, 5.41) is 6.32. The van der Waals surface area contributed by atoms with Crippen LogP contribution >= 0.6 is 0 Å². The van der Waals surface area contributed by atoms with Gasteiger partial charge in [0.05, 0.1) is 12.8 Å². The van der Waals surface area contributed by atoms with Crippen molar-refractivity contribution in [2.24, 2.45) is 10.9 Å². The van der Waals surface area contributed by atoms with Gasteiger partial charge < -0.3 is 20.3 Å². The van der Waals surface area contributed by atoms with Gasteiger partial charge in [0.15, 0.2) is 5.96 Å². The van der Waals surface area contributed by atoms with Crippen LogP contribution in [0.4, 0.5) is 14.5 Å². The normalized spacial score (nSPS) is 16.9. The summed E-state index contributed by atoms with van der Waals surface area (Å²) in [6.45, 7) is 2.80. The molecule has 2 aromatic carbocycles. The molecule has 1 saturated heterocycles. The lowest BCUT2D eigenvalue weighted by molar-refractivity contribution is 0.414. The molecule has 0 aliphatic carbocycles. The van der Waals surface area contributed by atoms with Gasteiger partial charge in [0, 0.05) is 38.8 Å². The summed E-state index contributed by atoms with van der Waals surface area (Å²) in [5.74, 6) is 1.01. The first-order valence-corrected chi connectivity index (χ1v) is 9.37. The average molecular weight is 388 g/mol. The number of nitrogens with zero attached hydrogens (tertiary/aromatic N) is 2. The number of anilines is 1. The van der Waals surface area contributed by atoms with Gasteiger partial charge in [-0.25, -0.2) is 8.78 Å². The SMILES string of the molecule is CN=C(NCc1cc(F)ccc1F)NCC1CCN(c2ccccc2OC)C1. The highest BCUT2D eigenvalue weighted by atomic mass is 19.1. The third kappa shape index (κ3) is 4.91. The summed E-state index contributed by atoms with van der Waals surface area (Å²) in [6.07, 6.45) is 1.06. The number of benzene rings is 2. The van der Waals surface area contributed by atoms with Crippen molar-refractivity contribution in [1.29, 1.82) is 0 Å². The molecule has 1 unspecified atom stereocenters. The van der Waals surface area contributed by atoms with Crippen LogP contribution in [0, 0.1) is 17.6 Å². The summed E-state index contributed by atoms with van der Waals surface area (Å²) < 4.78 is 32.5. The van der Waals surface area contributed by atoms with Crippen molar-refractivity contribution >= 4 is 11.6 Å². The molecule has 2 N–H and O–H groups in total. The number of ether oxygens (including phenoxy) is 1. The van der Waals surface area contributed by atoms with Gasteiger partial charge in [0.2, 0.25) is 0 Å². The highest BCUT2D eigenvalue weighted by molar-refractivity contribution is 5.79. The van der Waals surface area contributed by atoms with E-state index in [1.807, 2.05) is 18.2 Å². The maximum Gasteiger partial charge on any atom is 0.191 e. The van der Waals surface area contributed by atoms with Crippen molar-refractivity contribution < 1.29 is 13.5 Å². The van der Waals surface area contributed by atoms with Crippen LogP contribution in [0.1, 0.15) is 12.0 Å². The molecule has 1 fully saturated rings. The lowest BCUT2D eigenvalue weighted by atomic mass is 10.1. The predicted molar refractivity (Wildman–Crippen MR) is 108 cm³/mol. The van der Waals surface area contributed by atoms with Crippen molar-refractivity contribution in [3.8, 4) is 5.75 Å². The van der Waals surface area contributed by atoms with Crippen LogP contribution in [0.5, 0.6) is 5.75 Å². The van der Waals surface area contributed by atoms with E-state index >= 15 is 0 Å². The molecule has 28 heavy (non-hydrogen) atoms. The quantitative estimate of drug-likeness (QED) is 0.590. The minimum atomic E-state index is -0.455. The maximum absolute atomic E-state index is 13.7. The second kappa shape index (κ2) is 9.39. The molecular formula is C21H26F2N4O. The standard InChI is InChI=1S/C21H26F2N4O/c1-24-21(26-13-16-11-17(22)7-8-18(16)23)25-12-15-9-10-27(14-15)19-5-3-4-6-20(19)28-2/h3-8,11,15H,9-10,12-14H2,1-2H3,(H2,24,25,26). The van der Waals surface area contributed by atoms with Gasteiger partial charge in [-0.05, 0) is 42.7 Å². The number of rotatable bonds is 6. The van der Waals surface area contributed by atoms with Crippen LogP contribution in [0.15, 0.2) is 47.5 Å². The van der Waals surface area contributed by atoms with E-state index in [9.17, 15) is 8.78 Å². The zero-order chi connectivity index (χ0) is 19.9. The third-order valence-electron chi connectivity index (χ3n) is 4.95. The first-order valence-electron chi connectivity index (χ1n) is 9.37. The third-order valence-corrected chi connectivity index (χ3v) is 4.95. The Morgan fingerprint density at radius 2 is 2.04 bits per heavy atom. The Morgan fingerprint density at radius 3 is 2.82 bits per heavy atom. The summed E-state index contributed by atoms with van der Waals surface area (Å²) in [6, 6.07) is 11.5. The zero-order valence-corrected chi connectivity index (χ0v) is 16.2. The molecule has 1 aliphatic rings. The van der Waals surface area contributed by atoms with Crippen molar-refractivity contribution in [1.82, 2.24) is 10.6 Å². The van der Waals surface area contributed by atoms with Crippen molar-refractivity contribution in [3.05, 3.63) is 59.7 Å². The fraction of sp³-hybridized carbons (Fsp3) is 0.381. The maximum atomic E-state index is 13.7. The van der Waals surface area contributed by atoms with Crippen LogP contribution < -0.4 is 20.3 Å². The van der Waals surface area contributed by atoms with E-state index < -0.39 is 11.6 Å². The second-order valence-electron chi connectivity index (χ2n) is 6.81. The van der Waals surface area contributed by atoms with Gasteiger partial charge in [0.1, 0.15) is 17.4 Å². The Labute approximate surface area is 164 Å². The fourth-order valence-corrected chi connectivity index (χ4v) is 3.43. The molecule has 0 bridgehead atoms. The van der Waals surface area contributed by atoms with E-state index in [0.29, 0.717) is 11.9 Å². The van der Waals surface area contributed by atoms with Crippen LogP contribution in [0.25, 0.3) is 0 Å². The molecule has 0 saturated carbocycles. The topological polar surface area (TPSA) is 48.9 Å². The first-order chi connectivity index (χ1) is 13.6. The molecule has 3 rings (SSSR count). The first kappa shape index (κ1) is 19.9. The van der Waals surface area contributed by atoms with Crippen LogP contribution in [-0.4, -0.2) is 39.8 Å². The number of methoxy groups -OCH3 is 1. The molecule has 2 aromatic rings. The Bertz CT molecular complexity index is 828. The van der Waals surface area contributed by atoms with E-state index in [4.69, 9.17) is 4.74 Å². The number of hydrogen-bond donors (Lipinski definition) is 2. The van der Waals surface area contributed by atoms with Gasteiger partial charge in [-0.15, -0.1) is 0 Å². The molecule has 5 nitrogen and oxygen atoms in total. The average Bonchev–Trinajstić information content (AvgIpc) is 3.19. The van der Waals surface area contributed by atoms with E-state index in [1.54, 1.807) is 14.2 Å². The largest absolute Gasteiger partial charge is 0.495 e. The van der Waals surface area contributed by atoms with Gasteiger partial charge in [-0.3, -0.25) is 4.99 Å². The number of aliphatic imine (C=N–C) groups is 1. The van der Waals surface area contributed by atoms with Gasteiger partial charge in [-0.1, -0.05) is 12.1 Å². The minimum absolute atomic E-state index is 0.168. The van der Waals surface area contributed by atoms with Crippen molar-refractivity contribution in [2.75, 3.05) is 38.7 Å². The number of halogens is 2. The summed E-state index contributed by atoms with van der Waals surface area (Å²) >= 11 is 0. The Hall–Kier alpha value is -2.83. The predicted octanol–water partition coefficient (Wildman–Crippen LogP) is 3.16. The van der Waals surface area contributed by atoms with E-state index in [0.717, 1.165) is 49.6 Å². The summed E-state index contributed by atoms with van der Waals surface area (Å²) in [4.78, 5) is 6.49. The highest BCUT2D eigenvalue weighted by Gasteiger charge is 2.24. The van der Waals surface area contributed by atoms with E-state index in [-0.39, 0.29) is 12.1 Å². The molecule has 0 amide bonds. The molecule has 1 heterocycles. The number of para-hydroxylation sites is 2. The lowest BCUT2D eigenvalue weighted by Crippen LogP contribution is -2.40.